The van der Waals surface area contributed by atoms with Crippen LogP contribution >= 0.6 is 0 Å². The molecule has 0 aliphatic carbocycles. The number of benzene rings is 1. The van der Waals surface area contributed by atoms with E-state index in [4.69, 9.17) is 4.74 Å². The number of hydrogen-bond acceptors (Lipinski definition) is 5. The van der Waals surface area contributed by atoms with Crippen molar-refractivity contribution >= 4 is 22.0 Å². The summed E-state index contributed by atoms with van der Waals surface area (Å²) in [5.41, 5.74) is 0.860. The topological polar surface area (TPSA) is 105 Å². The van der Waals surface area contributed by atoms with E-state index >= 15 is 0 Å². The Balaban J connectivity index is 2.50. The minimum absolute atomic E-state index is 0.0426. The lowest BCUT2D eigenvalue weighted by molar-refractivity contribution is -0.124. The second kappa shape index (κ2) is 12.4. The Kier molecular flexibility index (Phi) is 10.7. The number of nitrogens with one attached hydrogen (secondary N) is 2. The lowest BCUT2D eigenvalue weighted by Gasteiger charge is -2.23. The molecule has 0 aromatic heterocycles. The molecule has 8 nitrogen and oxygen atoms in total. The van der Waals surface area contributed by atoms with E-state index < -0.39 is 22.2 Å². The molecule has 0 heterocycles. The Labute approximate surface area is 174 Å². The third-order valence-electron chi connectivity index (χ3n) is 4.77. The number of carbonyl (C=O) groups excluding carboxylic acids is 2. The smallest absolute Gasteiger partial charge is 0.408 e. The second-order valence-corrected chi connectivity index (χ2v) is 9.30. The first-order valence-corrected chi connectivity index (χ1v) is 11.5. The summed E-state index contributed by atoms with van der Waals surface area (Å²) >= 11 is 0. The molecule has 9 heteroatoms. The van der Waals surface area contributed by atoms with Crippen LogP contribution in [-0.4, -0.2) is 56.7 Å². The largest absolute Gasteiger partial charge is 0.445 e. The molecular formula is C20H33N3O5S. The molecule has 2 amide bonds. The van der Waals surface area contributed by atoms with Crippen LogP contribution in [0.2, 0.25) is 0 Å². The van der Waals surface area contributed by atoms with Crippen LogP contribution in [0.1, 0.15) is 39.2 Å². The molecule has 2 atom stereocenters. The number of rotatable bonds is 12. The zero-order chi connectivity index (χ0) is 21.9. The van der Waals surface area contributed by atoms with Gasteiger partial charge in [0, 0.05) is 20.1 Å². The first-order chi connectivity index (χ1) is 13.7. The molecule has 2 N–H and O–H groups in total. The molecule has 164 valence electrons. The first kappa shape index (κ1) is 24.9. The highest BCUT2D eigenvalue weighted by atomic mass is 32.2. The van der Waals surface area contributed by atoms with Crippen molar-refractivity contribution in [2.75, 3.05) is 25.9 Å². The first-order valence-electron chi connectivity index (χ1n) is 9.90. The molecule has 0 bridgehead atoms. The van der Waals surface area contributed by atoms with Crippen molar-refractivity contribution < 1.29 is 22.7 Å². The van der Waals surface area contributed by atoms with E-state index in [-0.39, 0.29) is 24.2 Å². The van der Waals surface area contributed by atoms with Crippen molar-refractivity contribution in [2.45, 2.75) is 46.3 Å². The summed E-state index contributed by atoms with van der Waals surface area (Å²) in [5.74, 6) is -0.347. The maximum atomic E-state index is 12.5. The Morgan fingerprint density at radius 2 is 1.83 bits per heavy atom. The van der Waals surface area contributed by atoms with Crippen LogP contribution < -0.4 is 10.6 Å². The van der Waals surface area contributed by atoms with Crippen molar-refractivity contribution in [1.29, 1.82) is 0 Å². The number of ether oxygens (including phenoxy) is 1. The predicted octanol–water partition coefficient (Wildman–Crippen LogP) is 2.12. The monoisotopic (exact) mass is 427 g/mol. The van der Waals surface area contributed by atoms with Crippen LogP contribution in [0.15, 0.2) is 30.3 Å². The van der Waals surface area contributed by atoms with Crippen molar-refractivity contribution in [3.8, 4) is 0 Å². The van der Waals surface area contributed by atoms with Gasteiger partial charge in [0.2, 0.25) is 15.9 Å². The van der Waals surface area contributed by atoms with Crippen LogP contribution in [0, 0.1) is 5.92 Å². The van der Waals surface area contributed by atoms with E-state index in [9.17, 15) is 18.0 Å². The van der Waals surface area contributed by atoms with E-state index in [1.165, 1.54) is 11.4 Å². The molecule has 0 aliphatic rings. The molecule has 0 aliphatic heterocycles. The van der Waals surface area contributed by atoms with Gasteiger partial charge in [0.1, 0.15) is 12.6 Å². The van der Waals surface area contributed by atoms with Crippen molar-refractivity contribution in [3.63, 3.8) is 0 Å². The highest BCUT2D eigenvalue weighted by Gasteiger charge is 2.26. The van der Waals surface area contributed by atoms with Gasteiger partial charge in [-0.05, 0) is 24.8 Å². The van der Waals surface area contributed by atoms with Crippen LogP contribution in [-0.2, 0) is 26.2 Å². The standard InChI is InChI=1S/C20H33N3O5S/c1-5-16(3)18(22-20(25)28-15-17-11-8-7-9-12-17)19(24)21-13-10-14-23(4)29(26,27)6-2/h7-9,11-12,16,18H,5-6,10,13-15H2,1-4H3,(H,21,24)(H,22,25)/t16-,18-/m0/s1. The van der Waals surface area contributed by atoms with Crippen LogP contribution in [0.4, 0.5) is 4.79 Å². The number of nitrogens with zero attached hydrogens (tertiary/aromatic N) is 1. The molecule has 0 spiro atoms. The third kappa shape index (κ3) is 8.82. The number of sulfonamides is 1. The van der Waals surface area contributed by atoms with Crippen LogP contribution in [0.3, 0.4) is 0 Å². The van der Waals surface area contributed by atoms with Gasteiger partial charge < -0.3 is 15.4 Å². The van der Waals surface area contributed by atoms with Gasteiger partial charge in [-0.3, -0.25) is 4.79 Å². The lowest BCUT2D eigenvalue weighted by Crippen LogP contribution is -2.50. The molecular weight excluding hydrogens is 394 g/mol. The maximum Gasteiger partial charge on any atom is 0.408 e. The van der Waals surface area contributed by atoms with E-state index in [1.54, 1.807) is 6.92 Å². The summed E-state index contributed by atoms with van der Waals surface area (Å²) in [7, 11) is -1.71. The minimum Gasteiger partial charge on any atom is -0.445 e. The number of carbonyl (C=O) groups is 2. The second-order valence-electron chi connectivity index (χ2n) is 6.94. The predicted molar refractivity (Wildman–Crippen MR) is 113 cm³/mol. The molecule has 0 unspecified atom stereocenters. The van der Waals surface area contributed by atoms with Gasteiger partial charge in [0.05, 0.1) is 5.75 Å². The highest BCUT2D eigenvalue weighted by Crippen LogP contribution is 2.09. The van der Waals surface area contributed by atoms with E-state index in [1.807, 2.05) is 44.2 Å². The van der Waals surface area contributed by atoms with Gasteiger partial charge >= 0.3 is 6.09 Å². The maximum absolute atomic E-state index is 12.5. The third-order valence-corrected chi connectivity index (χ3v) is 6.63. The lowest BCUT2D eigenvalue weighted by atomic mass is 9.98. The Hall–Kier alpha value is -2.13. The van der Waals surface area contributed by atoms with Gasteiger partial charge in [-0.1, -0.05) is 50.6 Å². The Morgan fingerprint density at radius 3 is 2.41 bits per heavy atom. The zero-order valence-electron chi connectivity index (χ0n) is 17.7. The average Bonchev–Trinajstić information content (AvgIpc) is 2.73. The molecule has 0 radical (unpaired) electrons. The summed E-state index contributed by atoms with van der Waals surface area (Å²) in [6.07, 6.45) is 0.532. The molecule has 0 saturated heterocycles. The van der Waals surface area contributed by atoms with Crippen LogP contribution in [0.5, 0.6) is 0 Å². The van der Waals surface area contributed by atoms with Gasteiger partial charge in [-0.15, -0.1) is 0 Å². The molecule has 1 aromatic rings. The molecule has 0 fully saturated rings. The fourth-order valence-corrected chi connectivity index (χ4v) is 3.42. The number of alkyl carbamates (subject to hydrolysis) is 1. The van der Waals surface area contributed by atoms with E-state index in [0.29, 0.717) is 25.9 Å². The quantitative estimate of drug-likeness (QED) is 0.497. The average molecular weight is 428 g/mol. The van der Waals surface area contributed by atoms with Crippen molar-refractivity contribution in [2.24, 2.45) is 5.92 Å². The summed E-state index contributed by atoms with van der Waals surface area (Å²) in [6.45, 7) is 6.16. The van der Waals surface area contributed by atoms with E-state index in [0.717, 1.165) is 5.56 Å². The summed E-state index contributed by atoms with van der Waals surface area (Å²) in [5, 5.41) is 5.41. The SMILES string of the molecule is CC[C@H](C)[C@H](NC(=O)OCc1ccccc1)C(=O)NCCCN(C)S(=O)(=O)CC. The van der Waals surface area contributed by atoms with Gasteiger partial charge in [-0.25, -0.2) is 17.5 Å². The van der Waals surface area contributed by atoms with Crippen LogP contribution in [0.25, 0.3) is 0 Å². The molecule has 29 heavy (non-hydrogen) atoms. The minimum atomic E-state index is -3.23. The number of amides is 2. The summed E-state index contributed by atoms with van der Waals surface area (Å²) < 4.78 is 29.9. The fourth-order valence-electron chi connectivity index (χ4n) is 2.58. The highest BCUT2D eigenvalue weighted by molar-refractivity contribution is 7.89. The number of hydrogen-bond donors (Lipinski definition) is 2. The van der Waals surface area contributed by atoms with Crippen molar-refractivity contribution in [1.82, 2.24) is 14.9 Å². The Morgan fingerprint density at radius 1 is 1.17 bits per heavy atom. The van der Waals surface area contributed by atoms with Gasteiger partial charge in [0.15, 0.2) is 0 Å². The summed E-state index contributed by atoms with van der Waals surface area (Å²) in [6, 6.07) is 8.57. The zero-order valence-corrected chi connectivity index (χ0v) is 18.5. The van der Waals surface area contributed by atoms with Gasteiger partial charge in [0.25, 0.3) is 0 Å². The summed E-state index contributed by atoms with van der Waals surface area (Å²) in [4.78, 5) is 24.7. The van der Waals surface area contributed by atoms with Crippen molar-refractivity contribution in [3.05, 3.63) is 35.9 Å². The molecule has 1 aromatic carbocycles. The Bertz CT molecular complexity index is 740. The normalized spacial score (nSPS) is 13.6. The molecule has 1 rings (SSSR count). The molecule has 0 saturated carbocycles. The van der Waals surface area contributed by atoms with E-state index in [2.05, 4.69) is 10.6 Å². The van der Waals surface area contributed by atoms with Gasteiger partial charge in [-0.2, -0.15) is 0 Å². The fraction of sp³-hybridized carbons (Fsp3) is 0.600.